The predicted octanol–water partition coefficient (Wildman–Crippen LogP) is 4.49. The molecule has 1 unspecified atom stereocenters. The Bertz CT molecular complexity index is 1240. The van der Waals surface area contributed by atoms with Crippen molar-refractivity contribution in [3.05, 3.63) is 87.4 Å². The standard InChI is InChI=1S/C29H32FN3O3S/c1-36-24-7-5-21(6-8-24)20-31-14-16-32(17-15-31)27(34)9-10-28(35)33-13-11-26-25(12-18-37-26)29(33)22-3-2-4-23(30)19-22/h2-8,12,18-19,29H,9-11,13-17,20H2,1H3. The molecule has 2 aliphatic rings. The van der Waals surface area contributed by atoms with Crippen LogP contribution in [0, 0.1) is 5.82 Å². The molecule has 0 radical (unpaired) electrons. The van der Waals surface area contributed by atoms with Crippen LogP contribution in [-0.4, -0.2) is 66.3 Å². The fraction of sp³-hybridized carbons (Fsp3) is 0.379. The Labute approximate surface area is 221 Å². The van der Waals surface area contributed by atoms with Gasteiger partial charge in [0, 0.05) is 57.0 Å². The van der Waals surface area contributed by atoms with Crippen molar-refractivity contribution in [3.8, 4) is 5.75 Å². The Balaban J connectivity index is 1.15. The number of carbonyl (C=O) groups is 2. The lowest BCUT2D eigenvalue weighted by Gasteiger charge is -2.37. The Hall–Kier alpha value is -3.23. The fourth-order valence-electron chi connectivity index (χ4n) is 5.28. The van der Waals surface area contributed by atoms with E-state index in [2.05, 4.69) is 17.0 Å². The molecule has 0 N–H and O–H groups in total. The van der Waals surface area contributed by atoms with Gasteiger partial charge in [-0.05, 0) is 58.8 Å². The zero-order valence-electron chi connectivity index (χ0n) is 21.1. The highest BCUT2D eigenvalue weighted by Crippen LogP contribution is 2.38. The summed E-state index contributed by atoms with van der Waals surface area (Å²) in [6.45, 7) is 4.35. The van der Waals surface area contributed by atoms with E-state index in [4.69, 9.17) is 4.74 Å². The van der Waals surface area contributed by atoms with Gasteiger partial charge in [-0.25, -0.2) is 4.39 Å². The molecule has 2 aromatic carbocycles. The van der Waals surface area contributed by atoms with Crippen LogP contribution in [0.4, 0.5) is 4.39 Å². The van der Waals surface area contributed by atoms with Crippen molar-refractivity contribution in [2.75, 3.05) is 39.8 Å². The van der Waals surface area contributed by atoms with Gasteiger partial charge < -0.3 is 14.5 Å². The first-order valence-corrected chi connectivity index (χ1v) is 13.6. The second kappa shape index (κ2) is 11.4. The number of piperazine rings is 1. The maximum Gasteiger partial charge on any atom is 0.223 e. The summed E-state index contributed by atoms with van der Waals surface area (Å²) >= 11 is 1.68. The Kier molecular flexibility index (Phi) is 7.86. The highest BCUT2D eigenvalue weighted by molar-refractivity contribution is 7.10. The average Bonchev–Trinajstić information content (AvgIpc) is 3.41. The number of ether oxygens (including phenoxy) is 1. The van der Waals surface area contributed by atoms with Gasteiger partial charge in [0.25, 0.3) is 0 Å². The van der Waals surface area contributed by atoms with Crippen LogP contribution in [0.2, 0.25) is 0 Å². The van der Waals surface area contributed by atoms with Crippen LogP contribution in [0.25, 0.3) is 0 Å². The van der Waals surface area contributed by atoms with E-state index in [9.17, 15) is 14.0 Å². The Morgan fingerprint density at radius 2 is 1.73 bits per heavy atom. The van der Waals surface area contributed by atoms with Crippen molar-refractivity contribution < 1.29 is 18.7 Å². The van der Waals surface area contributed by atoms with Gasteiger partial charge in [0.2, 0.25) is 11.8 Å². The van der Waals surface area contributed by atoms with E-state index in [-0.39, 0.29) is 36.5 Å². The molecule has 2 amide bonds. The van der Waals surface area contributed by atoms with E-state index in [0.29, 0.717) is 19.6 Å². The third kappa shape index (κ3) is 5.86. The number of fused-ring (bicyclic) bond motifs is 1. The summed E-state index contributed by atoms with van der Waals surface area (Å²) < 4.78 is 19.3. The van der Waals surface area contributed by atoms with Crippen molar-refractivity contribution in [1.82, 2.24) is 14.7 Å². The van der Waals surface area contributed by atoms with Crippen molar-refractivity contribution in [1.29, 1.82) is 0 Å². The van der Waals surface area contributed by atoms with Gasteiger partial charge in [-0.3, -0.25) is 14.5 Å². The molecule has 1 saturated heterocycles. The van der Waals surface area contributed by atoms with Crippen LogP contribution >= 0.6 is 11.3 Å². The topological polar surface area (TPSA) is 53.1 Å². The third-order valence-corrected chi connectivity index (χ3v) is 8.29. The summed E-state index contributed by atoms with van der Waals surface area (Å²) in [5, 5.41) is 2.03. The van der Waals surface area contributed by atoms with Crippen molar-refractivity contribution >= 4 is 23.2 Å². The van der Waals surface area contributed by atoms with Gasteiger partial charge in [-0.2, -0.15) is 0 Å². The van der Waals surface area contributed by atoms with Crippen molar-refractivity contribution in [2.45, 2.75) is 31.8 Å². The minimum Gasteiger partial charge on any atom is -0.497 e. The SMILES string of the molecule is COc1ccc(CN2CCN(C(=O)CCC(=O)N3CCc4sccc4C3c3cccc(F)c3)CC2)cc1. The molecular formula is C29H32FN3O3S. The number of hydrogen-bond acceptors (Lipinski definition) is 5. The summed E-state index contributed by atoms with van der Waals surface area (Å²) in [5.41, 5.74) is 3.05. The van der Waals surface area contributed by atoms with Crippen LogP contribution in [0.5, 0.6) is 5.75 Å². The van der Waals surface area contributed by atoms with Gasteiger partial charge in [-0.15, -0.1) is 11.3 Å². The molecule has 5 rings (SSSR count). The number of halogens is 1. The van der Waals surface area contributed by atoms with Gasteiger partial charge in [-0.1, -0.05) is 24.3 Å². The maximum absolute atomic E-state index is 14.0. The average molecular weight is 522 g/mol. The van der Waals surface area contributed by atoms with Crippen LogP contribution in [0.3, 0.4) is 0 Å². The van der Waals surface area contributed by atoms with Crippen LogP contribution in [0.1, 0.15) is 40.5 Å². The van der Waals surface area contributed by atoms with Crippen LogP contribution in [-0.2, 0) is 22.6 Å². The lowest BCUT2D eigenvalue weighted by atomic mass is 9.92. The molecule has 37 heavy (non-hydrogen) atoms. The van der Waals surface area contributed by atoms with Gasteiger partial charge >= 0.3 is 0 Å². The van der Waals surface area contributed by atoms with Crippen LogP contribution in [0.15, 0.2) is 60.0 Å². The molecule has 0 spiro atoms. The monoisotopic (exact) mass is 521 g/mol. The molecule has 1 aromatic heterocycles. The Morgan fingerprint density at radius 1 is 0.973 bits per heavy atom. The minimum absolute atomic E-state index is 0.0213. The molecule has 2 aliphatic heterocycles. The minimum atomic E-state index is -0.312. The molecule has 6 nitrogen and oxygen atoms in total. The van der Waals surface area contributed by atoms with Gasteiger partial charge in [0.05, 0.1) is 13.2 Å². The second-order valence-electron chi connectivity index (χ2n) is 9.60. The molecule has 194 valence electrons. The highest BCUT2D eigenvalue weighted by Gasteiger charge is 2.33. The summed E-state index contributed by atoms with van der Waals surface area (Å²) in [5.74, 6) is 0.496. The molecule has 1 atom stereocenters. The molecule has 0 saturated carbocycles. The Morgan fingerprint density at radius 3 is 2.46 bits per heavy atom. The first kappa shape index (κ1) is 25.4. The normalized spacial score (nSPS) is 17.9. The number of methoxy groups -OCH3 is 1. The summed E-state index contributed by atoms with van der Waals surface area (Å²) in [6, 6.07) is 16.3. The van der Waals surface area contributed by atoms with Crippen molar-refractivity contribution in [3.63, 3.8) is 0 Å². The number of nitrogens with zero attached hydrogens (tertiary/aromatic N) is 3. The van der Waals surface area contributed by atoms with Gasteiger partial charge in [0.1, 0.15) is 11.6 Å². The smallest absolute Gasteiger partial charge is 0.223 e. The molecule has 3 aromatic rings. The fourth-order valence-corrected chi connectivity index (χ4v) is 6.19. The van der Waals surface area contributed by atoms with E-state index in [1.165, 1.54) is 22.6 Å². The predicted molar refractivity (Wildman–Crippen MR) is 142 cm³/mol. The quantitative estimate of drug-likeness (QED) is 0.460. The number of hydrogen-bond donors (Lipinski definition) is 0. The summed E-state index contributed by atoms with van der Waals surface area (Å²) in [6.07, 6.45) is 1.14. The highest BCUT2D eigenvalue weighted by atomic mass is 32.1. The van der Waals surface area contributed by atoms with Crippen molar-refractivity contribution in [2.24, 2.45) is 0 Å². The molecule has 0 aliphatic carbocycles. The molecule has 1 fully saturated rings. The van der Waals surface area contributed by atoms with E-state index >= 15 is 0 Å². The third-order valence-electron chi connectivity index (χ3n) is 7.29. The van der Waals surface area contributed by atoms with E-state index in [1.54, 1.807) is 24.5 Å². The number of thiophene rings is 1. The summed E-state index contributed by atoms with van der Waals surface area (Å²) in [4.78, 5) is 33.6. The first-order valence-electron chi connectivity index (χ1n) is 12.8. The van der Waals surface area contributed by atoms with Crippen LogP contribution < -0.4 is 4.74 Å². The van der Waals surface area contributed by atoms with E-state index in [0.717, 1.165) is 42.9 Å². The zero-order chi connectivity index (χ0) is 25.8. The van der Waals surface area contributed by atoms with E-state index < -0.39 is 0 Å². The zero-order valence-corrected chi connectivity index (χ0v) is 21.9. The number of benzene rings is 2. The maximum atomic E-state index is 14.0. The molecular weight excluding hydrogens is 489 g/mol. The van der Waals surface area contributed by atoms with E-state index in [1.807, 2.05) is 39.4 Å². The second-order valence-corrected chi connectivity index (χ2v) is 10.6. The molecule has 8 heteroatoms. The summed E-state index contributed by atoms with van der Waals surface area (Å²) in [7, 11) is 1.66. The number of rotatable bonds is 7. The first-order chi connectivity index (χ1) is 18.0. The molecule has 0 bridgehead atoms. The molecule has 3 heterocycles. The largest absolute Gasteiger partial charge is 0.497 e. The number of carbonyl (C=O) groups excluding carboxylic acids is 2. The lowest BCUT2D eigenvalue weighted by molar-refractivity contribution is -0.139. The lowest BCUT2D eigenvalue weighted by Crippen LogP contribution is -2.48. The number of amides is 2. The van der Waals surface area contributed by atoms with Gasteiger partial charge in [0.15, 0.2) is 0 Å².